The fourth-order valence-corrected chi connectivity index (χ4v) is 4.02. The zero-order valence-electron chi connectivity index (χ0n) is 16.9. The van der Waals surface area contributed by atoms with E-state index in [-0.39, 0.29) is 40.9 Å². The van der Waals surface area contributed by atoms with Crippen LogP contribution in [-0.2, 0) is 4.74 Å². The van der Waals surface area contributed by atoms with Crippen LogP contribution in [0, 0.1) is 11.8 Å². The molecule has 0 saturated heterocycles. The van der Waals surface area contributed by atoms with E-state index in [1.807, 2.05) is 36.4 Å². The molecule has 1 amide bonds. The van der Waals surface area contributed by atoms with Gasteiger partial charge < -0.3 is 20.9 Å². The number of nitrogens with two attached hydrogens (primary N) is 1. The summed E-state index contributed by atoms with van der Waals surface area (Å²) in [5.74, 6) is 4.25. The maximum atomic E-state index is 12.2. The van der Waals surface area contributed by atoms with E-state index in [1.54, 1.807) is 0 Å². The molecule has 0 aliphatic heterocycles. The number of nitrogen functional groups attached to an aromatic ring is 1. The van der Waals surface area contributed by atoms with Gasteiger partial charge in [-0.25, -0.2) is 9.59 Å². The summed E-state index contributed by atoms with van der Waals surface area (Å²) in [7, 11) is 0. The monoisotopic (exact) mass is 446 g/mol. The number of carbonyl (C=O) groups is 2. The Hall–Kier alpha value is -3.95. The predicted octanol–water partition coefficient (Wildman–Crippen LogP) is 4.51. The molecule has 160 valence electrons. The molecule has 1 aliphatic rings. The van der Waals surface area contributed by atoms with Crippen LogP contribution in [0.1, 0.15) is 33.0 Å². The van der Waals surface area contributed by atoms with E-state index in [2.05, 4.69) is 29.3 Å². The van der Waals surface area contributed by atoms with Crippen molar-refractivity contribution in [1.82, 2.24) is 5.32 Å². The second kappa shape index (κ2) is 9.04. The molecule has 0 saturated carbocycles. The fraction of sp³-hybridized carbons (Fsp3) is 0.120. The third kappa shape index (κ3) is 4.25. The normalized spacial score (nSPS) is 11.7. The Kier molecular flexibility index (Phi) is 6.02. The van der Waals surface area contributed by atoms with Crippen LogP contribution in [-0.4, -0.2) is 30.3 Å². The van der Waals surface area contributed by atoms with E-state index in [9.17, 15) is 14.7 Å². The summed E-state index contributed by atoms with van der Waals surface area (Å²) in [5, 5.41) is 12.0. The molecule has 3 aromatic rings. The summed E-state index contributed by atoms with van der Waals surface area (Å²) in [5.41, 5.74) is 10.6. The zero-order chi connectivity index (χ0) is 22.7. The molecule has 0 atom stereocenters. The molecule has 0 radical (unpaired) electrons. The lowest BCUT2D eigenvalue weighted by Crippen LogP contribution is -2.26. The van der Waals surface area contributed by atoms with Gasteiger partial charge >= 0.3 is 12.1 Å². The number of halogens is 1. The van der Waals surface area contributed by atoms with Gasteiger partial charge in [-0.2, -0.15) is 0 Å². The second-order valence-electron chi connectivity index (χ2n) is 7.20. The maximum Gasteiger partial charge on any atom is 0.407 e. The highest BCUT2D eigenvalue weighted by molar-refractivity contribution is 6.31. The Balaban J connectivity index is 1.37. The number of nitrogens with one attached hydrogen (secondary N) is 1. The van der Waals surface area contributed by atoms with Crippen molar-refractivity contribution in [2.24, 2.45) is 0 Å². The topological polar surface area (TPSA) is 102 Å². The molecule has 6 nitrogen and oxygen atoms in total. The van der Waals surface area contributed by atoms with Gasteiger partial charge in [0, 0.05) is 16.5 Å². The zero-order valence-corrected chi connectivity index (χ0v) is 17.6. The van der Waals surface area contributed by atoms with Crippen molar-refractivity contribution in [3.63, 3.8) is 0 Å². The van der Waals surface area contributed by atoms with Crippen molar-refractivity contribution in [3.05, 3.63) is 87.9 Å². The van der Waals surface area contributed by atoms with Crippen LogP contribution in [0.4, 0.5) is 10.5 Å². The first-order valence-corrected chi connectivity index (χ1v) is 10.2. The smallest absolute Gasteiger partial charge is 0.407 e. The Morgan fingerprint density at radius 2 is 1.69 bits per heavy atom. The molecule has 4 rings (SSSR count). The van der Waals surface area contributed by atoms with Crippen molar-refractivity contribution in [2.75, 3.05) is 18.9 Å². The number of carbonyl (C=O) groups excluding carboxylic acids is 1. The highest BCUT2D eigenvalue weighted by Gasteiger charge is 2.28. The maximum absolute atomic E-state index is 12.2. The van der Waals surface area contributed by atoms with Crippen LogP contribution in [0.3, 0.4) is 0 Å². The van der Waals surface area contributed by atoms with Crippen molar-refractivity contribution in [3.8, 4) is 23.0 Å². The van der Waals surface area contributed by atoms with E-state index >= 15 is 0 Å². The molecule has 0 spiro atoms. The molecule has 0 fully saturated rings. The molecule has 7 heteroatoms. The molecule has 0 unspecified atom stereocenters. The number of amides is 1. The number of hydrogen-bond acceptors (Lipinski definition) is 4. The Bertz CT molecular complexity index is 1230. The summed E-state index contributed by atoms with van der Waals surface area (Å²) in [4.78, 5) is 23.4. The molecule has 32 heavy (non-hydrogen) atoms. The van der Waals surface area contributed by atoms with Crippen molar-refractivity contribution in [2.45, 2.75) is 5.92 Å². The van der Waals surface area contributed by atoms with E-state index in [0.717, 1.165) is 22.3 Å². The number of hydrogen-bond donors (Lipinski definition) is 3. The summed E-state index contributed by atoms with van der Waals surface area (Å²) in [6.07, 6.45) is -0.591. The number of rotatable bonds is 4. The van der Waals surface area contributed by atoms with Gasteiger partial charge in [-0.05, 0) is 34.4 Å². The second-order valence-corrected chi connectivity index (χ2v) is 7.64. The molecule has 3 aromatic carbocycles. The minimum atomic E-state index is -1.19. The van der Waals surface area contributed by atoms with Crippen molar-refractivity contribution >= 4 is 29.4 Å². The number of ether oxygens (including phenoxy) is 1. The minimum absolute atomic E-state index is 0.00499. The van der Waals surface area contributed by atoms with Crippen molar-refractivity contribution < 1.29 is 19.4 Å². The van der Waals surface area contributed by atoms with Crippen molar-refractivity contribution in [1.29, 1.82) is 0 Å². The van der Waals surface area contributed by atoms with Gasteiger partial charge in [-0.15, -0.1) is 0 Å². The van der Waals surface area contributed by atoms with Gasteiger partial charge in [-0.1, -0.05) is 72.0 Å². The first-order chi connectivity index (χ1) is 15.5. The highest BCUT2D eigenvalue weighted by atomic mass is 35.5. The summed E-state index contributed by atoms with van der Waals surface area (Å²) < 4.78 is 5.44. The lowest BCUT2D eigenvalue weighted by Gasteiger charge is -2.14. The van der Waals surface area contributed by atoms with Crippen LogP contribution in [0.2, 0.25) is 5.02 Å². The lowest BCUT2D eigenvalue weighted by atomic mass is 9.98. The minimum Gasteiger partial charge on any atom is -0.478 e. The number of anilines is 1. The molecule has 1 aliphatic carbocycles. The molecular formula is C25H19ClN2O4. The number of alkyl carbamates (subject to hydrolysis) is 1. The largest absolute Gasteiger partial charge is 0.478 e. The Morgan fingerprint density at radius 3 is 2.31 bits per heavy atom. The summed E-state index contributed by atoms with van der Waals surface area (Å²) in [6, 6.07) is 18.9. The van der Waals surface area contributed by atoms with E-state index in [0.29, 0.717) is 0 Å². The van der Waals surface area contributed by atoms with Crippen LogP contribution in [0.15, 0.2) is 60.7 Å². The average Bonchev–Trinajstić information content (AvgIpc) is 3.11. The van der Waals surface area contributed by atoms with Crippen LogP contribution < -0.4 is 11.1 Å². The SMILES string of the molecule is Nc1c(C#CCNC(=O)OCC2c3ccccc3-c3ccccc32)cc(Cl)cc1C(=O)O. The number of carboxylic acids is 1. The first kappa shape index (κ1) is 21.3. The number of fused-ring (bicyclic) bond motifs is 3. The van der Waals surface area contributed by atoms with Crippen LogP contribution >= 0.6 is 11.6 Å². The molecule has 0 bridgehead atoms. The lowest BCUT2D eigenvalue weighted by molar-refractivity contribution is 0.0698. The third-order valence-corrected chi connectivity index (χ3v) is 5.48. The number of benzene rings is 3. The van der Waals surface area contributed by atoms with Gasteiger partial charge in [-0.3, -0.25) is 0 Å². The first-order valence-electron chi connectivity index (χ1n) is 9.85. The molecular weight excluding hydrogens is 428 g/mol. The van der Waals surface area contributed by atoms with Gasteiger partial charge in [0.25, 0.3) is 0 Å². The predicted molar refractivity (Wildman–Crippen MR) is 123 cm³/mol. The van der Waals surface area contributed by atoms with E-state index < -0.39 is 12.1 Å². The quantitative estimate of drug-likeness (QED) is 0.404. The fourth-order valence-electron chi connectivity index (χ4n) is 3.80. The molecule has 0 aromatic heterocycles. The van der Waals surface area contributed by atoms with Gasteiger partial charge in [0.2, 0.25) is 0 Å². The van der Waals surface area contributed by atoms with Crippen LogP contribution in [0.25, 0.3) is 11.1 Å². The Labute approximate surface area is 190 Å². The number of carboxylic acid groups (broad SMARTS) is 1. The Morgan fingerprint density at radius 1 is 1.06 bits per heavy atom. The third-order valence-electron chi connectivity index (χ3n) is 5.26. The molecule has 4 N–H and O–H groups in total. The van der Waals surface area contributed by atoms with E-state index in [1.165, 1.54) is 12.1 Å². The summed E-state index contributed by atoms with van der Waals surface area (Å²) >= 11 is 5.93. The van der Waals surface area contributed by atoms with E-state index in [4.69, 9.17) is 22.1 Å². The average molecular weight is 447 g/mol. The van der Waals surface area contributed by atoms with Gasteiger partial charge in [0.15, 0.2) is 0 Å². The van der Waals surface area contributed by atoms with Gasteiger partial charge in [0.05, 0.1) is 17.8 Å². The molecule has 0 heterocycles. The number of aromatic carboxylic acids is 1. The van der Waals surface area contributed by atoms with Gasteiger partial charge in [0.1, 0.15) is 6.61 Å². The van der Waals surface area contributed by atoms with Crippen LogP contribution in [0.5, 0.6) is 0 Å². The standard InChI is InChI=1S/C25H19ClN2O4/c26-16-12-15(23(27)21(13-16)24(29)30)6-5-11-28-25(31)32-14-22-19-9-3-1-7-17(19)18-8-2-4-10-20(18)22/h1-4,7-10,12-13,22H,11,14,27H2,(H,28,31)(H,29,30). The highest BCUT2D eigenvalue weighted by Crippen LogP contribution is 2.44. The summed E-state index contributed by atoms with van der Waals surface area (Å²) in [6.45, 7) is 0.210.